The summed E-state index contributed by atoms with van der Waals surface area (Å²) in [5, 5.41) is 10.1. The van der Waals surface area contributed by atoms with E-state index in [1.807, 2.05) is 18.2 Å². The molecule has 0 bridgehead atoms. The van der Waals surface area contributed by atoms with Gasteiger partial charge in [0.25, 0.3) is 0 Å². The van der Waals surface area contributed by atoms with Crippen LogP contribution in [0.4, 0.5) is 0 Å². The van der Waals surface area contributed by atoms with Crippen LogP contribution in [0.5, 0.6) is 0 Å². The van der Waals surface area contributed by atoms with Gasteiger partial charge in [-0.05, 0) is 18.4 Å². The fourth-order valence-electron chi connectivity index (χ4n) is 2.17. The first-order chi connectivity index (χ1) is 7.36. The highest BCUT2D eigenvalue weighted by Gasteiger charge is 2.17. The fraction of sp³-hybridized carbons (Fsp3) is 0.538. The number of benzene rings is 1. The molecule has 15 heavy (non-hydrogen) atoms. The molecule has 0 aliphatic carbocycles. The topological polar surface area (TPSA) is 23.5 Å². The number of nitrogens with zero attached hydrogens (tertiary/aromatic N) is 1. The minimum atomic E-state index is -0.298. The van der Waals surface area contributed by atoms with Gasteiger partial charge in [0, 0.05) is 19.5 Å². The summed E-state index contributed by atoms with van der Waals surface area (Å²) in [6.07, 6.45) is 4.22. The van der Waals surface area contributed by atoms with Gasteiger partial charge < -0.3 is 5.11 Å². The van der Waals surface area contributed by atoms with Gasteiger partial charge in [0.15, 0.2) is 0 Å². The third-order valence-corrected chi connectivity index (χ3v) is 3.07. The summed E-state index contributed by atoms with van der Waals surface area (Å²) in [4.78, 5) is 2.19. The van der Waals surface area contributed by atoms with Gasteiger partial charge in [0.2, 0.25) is 0 Å². The molecule has 0 radical (unpaired) electrons. The predicted octanol–water partition coefficient (Wildman–Crippen LogP) is 2.03. The maximum absolute atomic E-state index is 10.1. The van der Waals surface area contributed by atoms with Crippen LogP contribution in [0, 0.1) is 0 Å². The van der Waals surface area contributed by atoms with E-state index < -0.39 is 0 Å². The number of likely N-dealkylation sites (tertiary alicyclic amines) is 1. The van der Waals surface area contributed by atoms with E-state index in [9.17, 15) is 5.11 Å². The van der Waals surface area contributed by atoms with E-state index in [-0.39, 0.29) is 6.23 Å². The van der Waals surface area contributed by atoms with E-state index in [0.717, 1.165) is 19.5 Å². The van der Waals surface area contributed by atoms with Crippen LogP contribution in [0.3, 0.4) is 0 Å². The molecule has 1 fully saturated rings. The highest BCUT2D eigenvalue weighted by Crippen LogP contribution is 2.13. The van der Waals surface area contributed by atoms with Crippen LogP contribution in [-0.2, 0) is 6.42 Å². The molecule has 1 N–H and O–H groups in total. The van der Waals surface area contributed by atoms with Crippen molar-refractivity contribution in [3.63, 3.8) is 0 Å². The molecule has 0 amide bonds. The van der Waals surface area contributed by atoms with Crippen LogP contribution in [0.25, 0.3) is 0 Å². The highest BCUT2D eigenvalue weighted by molar-refractivity contribution is 5.15. The minimum Gasteiger partial charge on any atom is -0.378 e. The molecule has 1 unspecified atom stereocenters. The number of hydrogen-bond acceptors (Lipinski definition) is 2. The first kappa shape index (κ1) is 10.7. The third-order valence-electron chi connectivity index (χ3n) is 3.07. The molecule has 1 saturated heterocycles. The van der Waals surface area contributed by atoms with Gasteiger partial charge in [-0.2, -0.15) is 0 Å². The monoisotopic (exact) mass is 205 g/mol. The van der Waals surface area contributed by atoms with Gasteiger partial charge in [0.1, 0.15) is 6.23 Å². The normalized spacial score (nSPS) is 20.1. The lowest BCUT2D eigenvalue weighted by molar-refractivity contribution is -0.00697. The Morgan fingerprint density at radius 2 is 1.73 bits per heavy atom. The molecule has 82 valence electrons. The Balaban J connectivity index is 1.88. The van der Waals surface area contributed by atoms with E-state index in [2.05, 4.69) is 17.0 Å². The smallest absolute Gasteiger partial charge is 0.111 e. The van der Waals surface area contributed by atoms with Crippen molar-refractivity contribution in [3.05, 3.63) is 35.9 Å². The first-order valence-corrected chi connectivity index (χ1v) is 5.82. The zero-order valence-corrected chi connectivity index (χ0v) is 9.10. The van der Waals surface area contributed by atoms with Gasteiger partial charge in [-0.25, -0.2) is 0 Å². The van der Waals surface area contributed by atoms with Crippen LogP contribution in [0.15, 0.2) is 30.3 Å². The van der Waals surface area contributed by atoms with E-state index >= 15 is 0 Å². The van der Waals surface area contributed by atoms with Crippen molar-refractivity contribution in [2.45, 2.75) is 31.9 Å². The molecule has 1 aliphatic heterocycles. The fourth-order valence-corrected chi connectivity index (χ4v) is 2.17. The lowest BCUT2D eigenvalue weighted by Gasteiger charge is -2.31. The lowest BCUT2D eigenvalue weighted by Crippen LogP contribution is -2.40. The largest absolute Gasteiger partial charge is 0.378 e. The number of hydrogen-bond donors (Lipinski definition) is 1. The van der Waals surface area contributed by atoms with Gasteiger partial charge >= 0.3 is 0 Å². The highest BCUT2D eigenvalue weighted by atomic mass is 16.3. The summed E-state index contributed by atoms with van der Waals surface area (Å²) in [6.45, 7) is 2.10. The summed E-state index contributed by atoms with van der Waals surface area (Å²) in [6, 6.07) is 10.2. The SMILES string of the molecule is OC(Cc1ccccc1)N1CCCCC1. The Kier molecular flexibility index (Phi) is 3.75. The van der Waals surface area contributed by atoms with Crippen molar-refractivity contribution in [2.24, 2.45) is 0 Å². The Hall–Kier alpha value is -0.860. The molecule has 2 nitrogen and oxygen atoms in total. The molecular formula is C13H19NO. The summed E-state index contributed by atoms with van der Waals surface area (Å²) >= 11 is 0. The molecule has 2 heteroatoms. The average Bonchev–Trinajstić information content (AvgIpc) is 2.31. The van der Waals surface area contributed by atoms with Crippen LogP contribution < -0.4 is 0 Å². The Labute approximate surface area is 91.5 Å². The Morgan fingerprint density at radius 3 is 2.40 bits per heavy atom. The minimum absolute atomic E-state index is 0.298. The van der Waals surface area contributed by atoms with Crippen molar-refractivity contribution in [1.29, 1.82) is 0 Å². The quantitative estimate of drug-likeness (QED) is 0.816. The molecule has 0 aromatic heterocycles. The summed E-state index contributed by atoms with van der Waals surface area (Å²) in [7, 11) is 0. The average molecular weight is 205 g/mol. The predicted molar refractivity (Wildman–Crippen MR) is 61.6 cm³/mol. The molecule has 1 aliphatic rings. The zero-order valence-electron chi connectivity index (χ0n) is 9.10. The molecule has 1 atom stereocenters. The molecule has 1 heterocycles. The zero-order chi connectivity index (χ0) is 10.5. The second-order valence-electron chi connectivity index (χ2n) is 4.27. The van der Waals surface area contributed by atoms with Gasteiger partial charge in [0.05, 0.1) is 0 Å². The van der Waals surface area contributed by atoms with Crippen molar-refractivity contribution >= 4 is 0 Å². The molecule has 2 rings (SSSR count). The van der Waals surface area contributed by atoms with Crippen molar-refractivity contribution < 1.29 is 5.11 Å². The van der Waals surface area contributed by atoms with Crippen LogP contribution in [0.2, 0.25) is 0 Å². The molecule has 1 aromatic carbocycles. The van der Waals surface area contributed by atoms with E-state index in [1.165, 1.54) is 24.8 Å². The van der Waals surface area contributed by atoms with Crippen molar-refractivity contribution in [1.82, 2.24) is 4.90 Å². The van der Waals surface area contributed by atoms with Crippen LogP contribution in [0.1, 0.15) is 24.8 Å². The summed E-state index contributed by atoms with van der Waals surface area (Å²) < 4.78 is 0. The summed E-state index contributed by atoms with van der Waals surface area (Å²) in [5.41, 5.74) is 1.22. The number of aliphatic hydroxyl groups is 1. The third kappa shape index (κ3) is 3.05. The van der Waals surface area contributed by atoms with Crippen LogP contribution in [-0.4, -0.2) is 29.3 Å². The maximum Gasteiger partial charge on any atom is 0.111 e. The van der Waals surface area contributed by atoms with Gasteiger partial charge in [-0.1, -0.05) is 36.8 Å². The summed E-state index contributed by atoms with van der Waals surface area (Å²) in [5.74, 6) is 0. The second kappa shape index (κ2) is 5.29. The van der Waals surface area contributed by atoms with Gasteiger partial charge in [-0.15, -0.1) is 0 Å². The van der Waals surface area contributed by atoms with Crippen molar-refractivity contribution in [2.75, 3.05) is 13.1 Å². The van der Waals surface area contributed by atoms with E-state index in [1.54, 1.807) is 0 Å². The van der Waals surface area contributed by atoms with Crippen molar-refractivity contribution in [3.8, 4) is 0 Å². The molecule has 1 aromatic rings. The van der Waals surface area contributed by atoms with Gasteiger partial charge in [-0.3, -0.25) is 4.90 Å². The Morgan fingerprint density at radius 1 is 1.07 bits per heavy atom. The van der Waals surface area contributed by atoms with E-state index in [0.29, 0.717) is 0 Å². The molecular weight excluding hydrogens is 186 g/mol. The first-order valence-electron chi connectivity index (χ1n) is 5.82. The molecule has 0 saturated carbocycles. The number of rotatable bonds is 3. The Bertz CT molecular complexity index is 280. The lowest BCUT2D eigenvalue weighted by atomic mass is 10.1. The second-order valence-corrected chi connectivity index (χ2v) is 4.27. The number of aliphatic hydroxyl groups excluding tert-OH is 1. The maximum atomic E-state index is 10.1. The molecule has 0 spiro atoms. The van der Waals surface area contributed by atoms with E-state index in [4.69, 9.17) is 0 Å². The standard InChI is InChI=1S/C13H19NO/c15-13(14-9-5-2-6-10-14)11-12-7-3-1-4-8-12/h1,3-4,7-8,13,15H,2,5-6,9-11H2. The van der Waals surface area contributed by atoms with Crippen LogP contribution >= 0.6 is 0 Å². The number of piperidine rings is 1.